The van der Waals surface area contributed by atoms with Crippen molar-refractivity contribution < 1.29 is 4.79 Å². The van der Waals surface area contributed by atoms with E-state index in [-0.39, 0.29) is 11.2 Å². The van der Waals surface area contributed by atoms with Gasteiger partial charge in [-0.15, -0.1) is 11.8 Å². The number of amides is 1. The van der Waals surface area contributed by atoms with Crippen molar-refractivity contribution in [3.8, 4) is 0 Å². The number of pyridine rings is 1. The van der Waals surface area contributed by atoms with Gasteiger partial charge in [0.25, 0.3) is 0 Å². The monoisotopic (exact) mass is 310 g/mol. The maximum Gasteiger partial charge on any atom is 0.235 e. The number of thioether (sulfide) groups is 1. The van der Waals surface area contributed by atoms with Crippen molar-refractivity contribution >= 4 is 34.4 Å². The number of nitrogens with zero attached hydrogens (tertiary/aromatic N) is 3. The second-order valence-electron chi connectivity index (χ2n) is 5.27. The average molecular weight is 310 g/mol. The Morgan fingerprint density at radius 1 is 1.36 bits per heavy atom. The highest BCUT2D eigenvalue weighted by Gasteiger charge is 2.27. The van der Waals surface area contributed by atoms with Gasteiger partial charge in [-0.05, 0) is 23.8 Å². The molecule has 4 rings (SSSR count). The van der Waals surface area contributed by atoms with E-state index in [9.17, 15) is 4.79 Å². The lowest BCUT2D eigenvalue weighted by Gasteiger charge is -2.14. The molecule has 2 aromatic heterocycles. The number of aromatic nitrogens is 3. The van der Waals surface area contributed by atoms with E-state index in [0.717, 1.165) is 27.8 Å². The summed E-state index contributed by atoms with van der Waals surface area (Å²) in [5.41, 5.74) is 3.18. The number of carbonyl (C=O) groups is 1. The Balaban J connectivity index is 1.84. The zero-order valence-electron chi connectivity index (χ0n) is 12.0. The Kier molecular flexibility index (Phi) is 3.11. The van der Waals surface area contributed by atoms with Gasteiger partial charge >= 0.3 is 0 Å². The average Bonchev–Trinajstić information content (AvgIpc) is 2.79. The molecule has 0 radical (unpaired) electrons. The third-order valence-corrected chi connectivity index (χ3v) is 5.11. The summed E-state index contributed by atoms with van der Waals surface area (Å²) in [7, 11) is 1.84. The van der Waals surface area contributed by atoms with Crippen molar-refractivity contribution in [3.05, 3.63) is 53.9 Å². The van der Waals surface area contributed by atoms with Gasteiger partial charge in [0.05, 0.1) is 22.7 Å². The molecule has 0 bridgehead atoms. The van der Waals surface area contributed by atoms with Crippen LogP contribution < -0.4 is 5.32 Å². The van der Waals surface area contributed by atoms with E-state index < -0.39 is 0 Å². The molecule has 0 aliphatic carbocycles. The zero-order valence-corrected chi connectivity index (χ0v) is 12.8. The van der Waals surface area contributed by atoms with Crippen LogP contribution in [0.25, 0.3) is 10.9 Å². The van der Waals surface area contributed by atoms with Gasteiger partial charge in [0.15, 0.2) is 0 Å². The molecule has 110 valence electrons. The van der Waals surface area contributed by atoms with Gasteiger partial charge in [0.1, 0.15) is 5.82 Å². The second-order valence-corrected chi connectivity index (χ2v) is 6.36. The molecule has 3 heterocycles. The summed E-state index contributed by atoms with van der Waals surface area (Å²) in [5.74, 6) is 1.23. The molecule has 1 aromatic carbocycles. The molecule has 0 fully saturated rings. The number of benzene rings is 1. The van der Waals surface area contributed by atoms with Crippen molar-refractivity contribution in [2.45, 2.75) is 5.25 Å². The number of nitrogens with one attached hydrogen (secondary N) is 1. The molecule has 0 saturated heterocycles. The largest absolute Gasteiger partial charge is 0.310 e. The highest BCUT2D eigenvalue weighted by atomic mass is 32.2. The summed E-state index contributed by atoms with van der Waals surface area (Å²) < 4.78 is 1.72. The third kappa shape index (κ3) is 2.16. The first kappa shape index (κ1) is 13.3. The predicted octanol–water partition coefficient (Wildman–Crippen LogP) is 2.74. The molecule has 6 heteroatoms. The Labute approximate surface area is 131 Å². The first-order chi connectivity index (χ1) is 10.7. The normalized spacial score (nSPS) is 17.9. The van der Waals surface area contributed by atoms with Crippen LogP contribution in [0.15, 0.2) is 42.7 Å². The quantitative estimate of drug-likeness (QED) is 0.751. The molecule has 1 atom stereocenters. The Morgan fingerprint density at radius 2 is 2.27 bits per heavy atom. The predicted molar refractivity (Wildman–Crippen MR) is 87.9 cm³/mol. The van der Waals surface area contributed by atoms with Gasteiger partial charge in [0.2, 0.25) is 5.91 Å². The lowest BCUT2D eigenvalue weighted by Crippen LogP contribution is -2.15. The van der Waals surface area contributed by atoms with Crippen molar-refractivity contribution in [1.82, 2.24) is 14.8 Å². The van der Waals surface area contributed by atoms with Crippen LogP contribution >= 0.6 is 11.8 Å². The third-order valence-electron chi connectivity index (χ3n) is 3.82. The molecule has 0 spiro atoms. The maximum atomic E-state index is 11.9. The lowest BCUT2D eigenvalue weighted by atomic mass is 10.0. The number of fused-ring (bicyclic) bond motifs is 2. The van der Waals surface area contributed by atoms with Crippen LogP contribution in [0.4, 0.5) is 5.82 Å². The fraction of sp³-hybridized carbons (Fsp3) is 0.188. The number of aryl methyl sites for hydroxylation is 1. The minimum atomic E-state index is 0.0137. The number of hydrogen-bond donors (Lipinski definition) is 1. The lowest BCUT2D eigenvalue weighted by molar-refractivity contribution is -0.113. The number of anilines is 1. The molecule has 1 aliphatic heterocycles. The van der Waals surface area contributed by atoms with Crippen molar-refractivity contribution in [1.29, 1.82) is 0 Å². The van der Waals surface area contributed by atoms with Gasteiger partial charge in [-0.1, -0.05) is 12.1 Å². The topological polar surface area (TPSA) is 59.8 Å². The van der Waals surface area contributed by atoms with Gasteiger partial charge in [0, 0.05) is 24.2 Å². The molecule has 22 heavy (non-hydrogen) atoms. The number of hydrogen-bond acceptors (Lipinski definition) is 4. The highest BCUT2D eigenvalue weighted by Crippen LogP contribution is 2.41. The van der Waals surface area contributed by atoms with E-state index in [2.05, 4.69) is 33.6 Å². The summed E-state index contributed by atoms with van der Waals surface area (Å²) in [6.07, 6.45) is 3.64. The van der Waals surface area contributed by atoms with E-state index in [1.54, 1.807) is 22.6 Å². The molecule has 3 aromatic rings. The first-order valence-electron chi connectivity index (χ1n) is 7.00. The molecular formula is C16H14N4OS. The smallest absolute Gasteiger partial charge is 0.235 e. The van der Waals surface area contributed by atoms with E-state index in [1.807, 2.05) is 25.4 Å². The van der Waals surface area contributed by atoms with Crippen LogP contribution in [-0.2, 0) is 11.8 Å². The van der Waals surface area contributed by atoms with Crippen LogP contribution in [0, 0.1) is 0 Å². The Hall–Kier alpha value is -2.34. The van der Waals surface area contributed by atoms with Gasteiger partial charge in [-0.3, -0.25) is 14.5 Å². The fourth-order valence-electron chi connectivity index (χ4n) is 2.75. The second kappa shape index (κ2) is 5.14. The molecule has 1 amide bonds. The summed E-state index contributed by atoms with van der Waals surface area (Å²) in [6, 6.07) is 10.3. The van der Waals surface area contributed by atoms with E-state index in [1.165, 1.54) is 0 Å². The van der Waals surface area contributed by atoms with Crippen LogP contribution in [0.2, 0.25) is 0 Å². The van der Waals surface area contributed by atoms with E-state index in [0.29, 0.717) is 5.75 Å². The zero-order chi connectivity index (χ0) is 15.1. The Morgan fingerprint density at radius 3 is 3.18 bits per heavy atom. The van der Waals surface area contributed by atoms with Crippen molar-refractivity contribution in [2.75, 3.05) is 11.1 Å². The van der Waals surface area contributed by atoms with Crippen LogP contribution in [0.5, 0.6) is 0 Å². The number of carbonyl (C=O) groups excluding carboxylic acids is 1. The molecule has 1 N–H and O–H groups in total. The fourth-order valence-corrected chi connectivity index (χ4v) is 3.83. The van der Waals surface area contributed by atoms with Gasteiger partial charge in [-0.2, -0.15) is 5.10 Å². The standard InChI is InChI=1S/C16H14N4OS/c1-20-16-12(8-18-20)15(22-9-14(21)19-16)11-4-5-13-10(7-11)3-2-6-17-13/h2-8,15H,9H2,1H3,(H,19,21). The van der Waals surface area contributed by atoms with Crippen LogP contribution in [0.3, 0.4) is 0 Å². The van der Waals surface area contributed by atoms with Gasteiger partial charge < -0.3 is 5.32 Å². The molecule has 1 aliphatic rings. The molecule has 0 saturated carbocycles. The minimum Gasteiger partial charge on any atom is -0.310 e. The SMILES string of the molecule is Cn1ncc2c1NC(=O)CSC2c1ccc2ncccc2c1. The van der Waals surface area contributed by atoms with E-state index >= 15 is 0 Å². The first-order valence-corrected chi connectivity index (χ1v) is 8.05. The van der Waals surface area contributed by atoms with Crippen LogP contribution in [0.1, 0.15) is 16.4 Å². The minimum absolute atomic E-state index is 0.0137. The molecule has 1 unspecified atom stereocenters. The van der Waals surface area contributed by atoms with Crippen molar-refractivity contribution in [3.63, 3.8) is 0 Å². The summed E-state index contributed by atoms with van der Waals surface area (Å²) in [6.45, 7) is 0. The van der Waals surface area contributed by atoms with E-state index in [4.69, 9.17) is 0 Å². The highest BCUT2D eigenvalue weighted by molar-refractivity contribution is 8.00. The summed E-state index contributed by atoms with van der Waals surface area (Å²) in [5, 5.41) is 8.42. The van der Waals surface area contributed by atoms with Gasteiger partial charge in [-0.25, -0.2) is 0 Å². The van der Waals surface area contributed by atoms with Crippen LogP contribution in [-0.4, -0.2) is 26.4 Å². The molecular weight excluding hydrogens is 296 g/mol. The summed E-state index contributed by atoms with van der Waals surface area (Å²) in [4.78, 5) is 16.3. The maximum absolute atomic E-state index is 11.9. The Bertz CT molecular complexity index is 873. The molecule has 5 nitrogen and oxygen atoms in total. The summed E-state index contributed by atoms with van der Waals surface area (Å²) >= 11 is 1.62. The number of rotatable bonds is 1. The van der Waals surface area contributed by atoms with Crippen molar-refractivity contribution in [2.24, 2.45) is 7.05 Å².